The lowest BCUT2D eigenvalue weighted by Crippen LogP contribution is -2.29. The van der Waals surface area contributed by atoms with E-state index in [0.717, 1.165) is 34.4 Å². The molecule has 0 amide bonds. The number of dihydropyridines is 1. The van der Waals surface area contributed by atoms with Crippen LogP contribution in [0.3, 0.4) is 0 Å². The molecule has 4 rings (SSSR count). The fourth-order valence-electron chi connectivity index (χ4n) is 3.77. The second-order valence-corrected chi connectivity index (χ2v) is 7.30. The average Bonchev–Trinajstić information content (AvgIpc) is 3.00. The summed E-state index contributed by atoms with van der Waals surface area (Å²) in [6, 6.07) is 6.00. The number of hydrogen-bond donors (Lipinski definition) is 1. The molecule has 0 saturated carbocycles. The van der Waals surface area contributed by atoms with E-state index in [4.69, 9.17) is 11.6 Å². The van der Waals surface area contributed by atoms with Gasteiger partial charge in [0, 0.05) is 12.1 Å². The minimum absolute atomic E-state index is 0.153. The van der Waals surface area contributed by atoms with Crippen molar-refractivity contribution in [1.29, 1.82) is 0 Å². The van der Waals surface area contributed by atoms with Crippen molar-refractivity contribution < 1.29 is 0 Å². The van der Waals surface area contributed by atoms with Crippen molar-refractivity contribution in [2.24, 2.45) is 12.2 Å². The quantitative estimate of drug-likeness (QED) is 0.832. The molecule has 2 aromatic rings. The number of allylic oxidation sites excluding steroid dienone is 2. The zero-order valence-corrected chi connectivity index (χ0v) is 15.4. The molecule has 0 fully saturated rings. The van der Waals surface area contributed by atoms with E-state index in [9.17, 15) is 4.91 Å². The molecular weight excluding hydrogens is 348 g/mol. The topological polar surface area (TPSA) is 59.3 Å². The Kier molecular flexibility index (Phi) is 4.04. The van der Waals surface area contributed by atoms with Gasteiger partial charge in [-0.1, -0.05) is 35.0 Å². The van der Waals surface area contributed by atoms with Crippen LogP contribution < -0.4 is 5.32 Å². The van der Waals surface area contributed by atoms with Gasteiger partial charge in [-0.2, -0.15) is 0 Å². The van der Waals surface area contributed by atoms with Crippen LogP contribution in [0.4, 0.5) is 0 Å². The SMILES string of the molecule is Cn1cncc1C(C)(N=O)C1=CC2=CC=CNC2Cc2ccc(Cl)cc21. The van der Waals surface area contributed by atoms with Crippen molar-refractivity contribution >= 4 is 17.2 Å². The predicted octanol–water partition coefficient (Wildman–Crippen LogP) is 4.11. The van der Waals surface area contributed by atoms with Crippen LogP contribution >= 0.6 is 11.6 Å². The summed E-state index contributed by atoms with van der Waals surface area (Å²) in [5, 5.41) is 7.60. The Labute approximate surface area is 157 Å². The number of aryl methyl sites for hydroxylation is 1. The molecule has 1 aliphatic carbocycles. The van der Waals surface area contributed by atoms with Gasteiger partial charge >= 0.3 is 0 Å². The van der Waals surface area contributed by atoms with Gasteiger partial charge in [-0.05, 0) is 60.0 Å². The molecule has 0 radical (unpaired) electrons. The third-order valence-electron chi connectivity index (χ3n) is 5.20. The highest BCUT2D eigenvalue weighted by molar-refractivity contribution is 6.30. The monoisotopic (exact) mass is 366 g/mol. The van der Waals surface area contributed by atoms with Gasteiger partial charge in [0.05, 0.1) is 24.3 Å². The maximum Gasteiger partial charge on any atom is 0.166 e. The highest BCUT2D eigenvalue weighted by atomic mass is 35.5. The van der Waals surface area contributed by atoms with Gasteiger partial charge < -0.3 is 9.88 Å². The minimum Gasteiger partial charge on any atom is -0.384 e. The van der Waals surface area contributed by atoms with E-state index in [0.29, 0.717) is 5.02 Å². The maximum atomic E-state index is 12.1. The summed E-state index contributed by atoms with van der Waals surface area (Å²) in [6.45, 7) is 1.83. The average molecular weight is 367 g/mol. The number of rotatable bonds is 3. The van der Waals surface area contributed by atoms with Crippen LogP contribution in [0.1, 0.15) is 23.7 Å². The van der Waals surface area contributed by atoms with Gasteiger partial charge in [0.25, 0.3) is 0 Å². The fourth-order valence-corrected chi connectivity index (χ4v) is 3.95. The van der Waals surface area contributed by atoms with E-state index in [1.165, 1.54) is 0 Å². The Hall–Kier alpha value is -2.66. The molecule has 1 N–H and O–H groups in total. The van der Waals surface area contributed by atoms with Crippen molar-refractivity contribution in [3.63, 3.8) is 0 Å². The molecule has 5 nitrogen and oxygen atoms in total. The Morgan fingerprint density at radius 2 is 2.27 bits per heavy atom. The molecule has 2 heterocycles. The van der Waals surface area contributed by atoms with E-state index < -0.39 is 5.54 Å². The number of hydrogen-bond acceptors (Lipinski definition) is 4. The van der Waals surface area contributed by atoms with Crippen molar-refractivity contribution in [3.05, 3.63) is 87.5 Å². The van der Waals surface area contributed by atoms with Gasteiger partial charge in [0.1, 0.15) is 0 Å². The lowest BCUT2D eigenvalue weighted by atomic mass is 9.82. The molecule has 132 valence electrons. The van der Waals surface area contributed by atoms with Crippen LogP contribution in [0.25, 0.3) is 5.57 Å². The van der Waals surface area contributed by atoms with E-state index in [1.54, 1.807) is 12.5 Å². The third kappa shape index (κ3) is 2.59. The maximum absolute atomic E-state index is 12.1. The Morgan fingerprint density at radius 3 is 3.00 bits per heavy atom. The van der Waals surface area contributed by atoms with E-state index in [-0.39, 0.29) is 6.04 Å². The van der Waals surface area contributed by atoms with Crippen LogP contribution in [0, 0.1) is 4.91 Å². The number of benzene rings is 1. The highest BCUT2D eigenvalue weighted by Gasteiger charge is 2.39. The number of imidazole rings is 1. The molecule has 0 saturated heterocycles. The molecular formula is C20H19ClN4O. The molecule has 2 unspecified atom stereocenters. The summed E-state index contributed by atoms with van der Waals surface area (Å²) in [5.74, 6) is 0. The number of halogens is 1. The van der Waals surface area contributed by atoms with Crippen LogP contribution in [0.15, 0.2) is 65.9 Å². The second kappa shape index (κ2) is 6.25. The van der Waals surface area contributed by atoms with Crippen molar-refractivity contribution in [1.82, 2.24) is 14.9 Å². The lowest BCUT2D eigenvalue weighted by molar-refractivity contribution is 0.592. The van der Waals surface area contributed by atoms with E-state index >= 15 is 0 Å². The summed E-state index contributed by atoms with van der Waals surface area (Å²) in [5.41, 5.74) is 3.70. The molecule has 0 bridgehead atoms. The summed E-state index contributed by atoms with van der Waals surface area (Å²) < 4.78 is 1.84. The highest BCUT2D eigenvalue weighted by Crippen LogP contribution is 2.44. The lowest BCUT2D eigenvalue weighted by Gasteiger charge is -2.26. The predicted molar refractivity (Wildman–Crippen MR) is 104 cm³/mol. The number of nitroso groups, excluding NO2 is 1. The van der Waals surface area contributed by atoms with Crippen LogP contribution in [0.2, 0.25) is 5.02 Å². The second-order valence-electron chi connectivity index (χ2n) is 6.86. The molecule has 2 aliphatic rings. The van der Waals surface area contributed by atoms with Crippen molar-refractivity contribution in [2.75, 3.05) is 0 Å². The van der Waals surface area contributed by atoms with Gasteiger partial charge in [0.15, 0.2) is 5.54 Å². The van der Waals surface area contributed by atoms with Crippen molar-refractivity contribution in [3.8, 4) is 0 Å². The first-order valence-electron chi connectivity index (χ1n) is 8.48. The molecule has 1 aromatic carbocycles. The largest absolute Gasteiger partial charge is 0.384 e. The van der Waals surface area contributed by atoms with Gasteiger partial charge in [-0.15, -0.1) is 4.91 Å². The first-order chi connectivity index (χ1) is 12.5. The van der Waals surface area contributed by atoms with Gasteiger partial charge in [-0.25, -0.2) is 4.98 Å². The zero-order valence-electron chi connectivity index (χ0n) is 14.6. The molecule has 2 atom stereocenters. The van der Waals surface area contributed by atoms with Crippen LogP contribution in [-0.2, 0) is 19.0 Å². The number of nitrogens with one attached hydrogen (secondary N) is 1. The van der Waals surface area contributed by atoms with Crippen LogP contribution in [-0.4, -0.2) is 15.6 Å². The summed E-state index contributed by atoms with van der Waals surface area (Å²) in [4.78, 5) is 16.3. The fraction of sp³-hybridized carbons (Fsp3) is 0.250. The molecule has 0 spiro atoms. The Bertz CT molecular complexity index is 972. The molecule has 6 heteroatoms. The first-order valence-corrected chi connectivity index (χ1v) is 8.86. The minimum atomic E-state index is -1.08. The summed E-state index contributed by atoms with van der Waals surface area (Å²) in [6.07, 6.45) is 12.2. The van der Waals surface area contributed by atoms with E-state index in [2.05, 4.69) is 27.6 Å². The summed E-state index contributed by atoms with van der Waals surface area (Å²) >= 11 is 6.30. The Morgan fingerprint density at radius 1 is 1.42 bits per heavy atom. The normalized spacial score (nSPS) is 20.7. The summed E-state index contributed by atoms with van der Waals surface area (Å²) in [7, 11) is 1.87. The standard InChI is InChI=1S/C20H19ClN4O/c1-20(24-26,19-11-22-12-25(19)2)17-8-14-4-3-7-23-18(14)9-13-5-6-15(21)10-16(13)17/h3-8,10-12,18,23H,9H2,1-2H3. The third-order valence-corrected chi connectivity index (χ3v) is 5.44. The molecule has 1 aromatic heterocycles. The smallest absolute Gasteiger partial charge is 0.166 e. The van der Waals surface area contributed by atoms with Gasteiger partial charge in [0.2, 0.25) is 0 Å². The first kappa shape index (κ1) is 16.8. The Balaban J connectivity index is 2.00. The number of aromatic nitrogens is 2. The van der Waals surface area contributed by atoms with Crippen molar-refractivity contribution in [2.45, 2.75) is 24.9 Å². The number of nitrogens with zero attached hydrogens (tertiary/aromatic N) is 3. The molecule has 26 heavy (non-hydrogen) atoms. The van der Waals surface area contributed by atoms with E-state index in [1.807, 2.05) is 49.0 Å². The van der Waals surface area contributed by atoms with Gasteiger partial charge in [-0.3, -0.25) is 0 Å². The van der Waals surface area contributed by atoms with Crippen LogP contribution in [0.5, 0.6) is 0 Å². The molecule has 1 aliphatic heterocycles. The zero-order chi connectivity index (χ0) is 18.3. The number of fused-ring (bicyclic) bond motifs is 2.